The van der Waals surface area contributed by atoms with Crippen LogP contribution >= 0.6 is 0 Å². The van der Waals surface area contributed by atoms with Crippen LogP contribution in [0.4, 0.5) is 0 Å². The Labute approximate surface area is 45.7 Å². The molecule has 2 N–H and O–H groups in total. The number of carbonyl (C=O) groups is 1. The summed E-state index contributed by atoms with van der Waals surface area (Å²) in [6.07, 6.45) is 2.93. The molecular formula is C4H4N3O. The van der Waals surface area contributed by atoms with Gasteiger partial charge in [0.1, 0.15) is 0 Å². The molecule has 0 fully saturated rings. The first-order valence-electron chi connectivity index (χ1n) is 2.06. The Morgan fingerprint density at radius 2 is 2.62 bits per heavy atom. The molecule has 0 unspecified atom stereocenters. The maximum Gasteiger partial charge on any atom is 0.305 e. The van der Waals surface area contributed by atoms with Crippen LogP contribution in [-0.2, 0) is 0 Å². The van der Waals surface area contributed by atoms with E-state index < -0.39 is 5.91 Å². The summed E-state index contributed by atoms with van der Waals surface area (Å²) < 4.78 is 0. The fourth-order valence-electron chi connectivity index (χ4n) is 0.389. The van der Waals surface area contributed by atoms with E-state index in [0.29, 0.717) is 0 Å². The normalized spacial score (nSPS) is 9.00. The van der Waals surface area contributed by atoms with Gasteiger partial charge in [-0.05, 0) is 0 Å². The van der Waals surface area contributed by atoms with Crippen molar-refractivity contribution in [3.05, 3.63) is 18.2 Å². The van der Waals surface area contributed by atoms with Crippen LogP contribution in [0.25, 0.3) is 0 Å². The summed E-state index contributed by atoms with van der Waals surface area (Å²) in [5.41, 5.74) is 6.50. The van der Waals surface area contributed by atoms with Gasteiger partial charge in [0, 0.05) is 12.4 Å². The van der Waals surface area contributed by atoms with Crippen LogP contribution < -0.4 is 5.73 Å². The molecule has 1 aromatic heterocycles. The van der Waals surface area contributed by atoms with E-state index >= 15 is 0 Å². The first-order valence-corrected chi connectivity index (χ1v) is 2.06. The van der Waals surface area contributed by atoms with E-state index in [4.69, 9.17) is 5.73 Å². The van der Waals surface area contributed by atoms with E-state index in [0.717, 1.165) is 0 Å². The number of imidazole rings is 1. The zero-order valence-corrected chi connectivity index (χ0v) is 4.01. The van der Waals surface area contributed by atoms with E-state index in [-0.39, 0.29) is 5.82 Å². The van der Waals surface area contributed by atoms with Gasteiger partial charge in [0.2, 0.25) is 0 Å². The minimum Gasteiger partial charge on any atom is -0.340 e. The number of H-pyrrole nitrogens is 1. The molecule has 1 aromatic rings. The molecule has 8 heavy (non-hydrogen) atoms. The smallest absolute Gasteiger partial charge is 0.305 e. The standard InChI is InChI=1S/C4H4N3O/c5-3(8)4-6-1-2-7-4/h1-2,5H,(H,6,7). The highest BCUT2D eigenvalue weighted by Crippen LogP contribution is 1.83. The molecule has 0 saturated heterocycles. The number of nitrogens with zero attached hydrogens (tertiary/aromatic N) is 1. The van der Waals surface area contributed by atoms with Gasteiger partial charge in [-0.25, -0.2) is 4.98 Å². The number of rotatable bonds is 1. The highest BCUT2D eigenvalue weighted by atomic mass is 16.1. The summed E-state index contributed by atoms with van der Waals surface area (Å²) >= 11 is 0. The number of hydrogen-bond acceptors (Lipinski definition) is 2. The molecule has 4 nitrogen and oxygen atoms in total. The Hall–Kier alpha value is -1.32. The number of aromatic nitrogens is 2. The Balaban J connectivity index is 2.93. The second-order valence-electron chi connectivity index (χ2n) is 1.27. The van der Waals surface area contributed by atoms with Gasteiger partial charge in [-0.1, -0.05) is 0 Å². The van der Waals surface area contributed by atoms with Crippen LogP contribution in [0, 0.1) is 0 Å². The fourth-order valence-corrected chi connectivity index (χ4v) is 0.389. The Morgan fingerprint density at radius 3 is 2.88 bits per heavy atom. The van der Waals surface area contributed by atoms with Crippen molar-refractivity contribution in [1.82, 2.24) is 15.7 Å². The van der Waals surface area contributed by atoms with Crippen LogP contribution in [0.3, 0.4) is 0 Å². The Kier molecular flexibility index (Phi) is 0.997. The lowest BCUT2D eigenvalue weighted by Gasteiger charge is -1.78. The van der Waals surface area contributed by atoms with Gasteiger partial charge in [-0.15, -0.1) is 0 Å². The summed E-state index contributed by atoms with van der Waals surface area (Å²) in [4.78, 5) is 16.1. The van der Waals surface area contributed by atoms with Crippen LogP contribution in [0.5, 0.6) is 0 Å². The van der Waals surface area contributed by atoms with Crippen molar-refractivity contribution in [3.63, 3.8) is 0 Å². The molecule has 1 rings (SSSR count). The minimum absolute atomic E-state index is 0.0880. The summed E-state index contributed by atoms with van der Waals surface area (Å²) in [5.74, 6) is -0.694. The van der Waals surface area contributed by atoms with Gasteiger partial charge in [0.25, 0.3) is 0 Å². The molecule has 0 aliphatic heterocycles. The van der Waals surface area contributed by atoms with Gasteiger partial charge >= 0.3 is 5.91 Å². The quantitative estimate of drug-likeness (QED) is 0.545. The second kappa shape index (κ2) is 1.65. The molecule has 0 spiro atoms. The van der Waals surface area contributed by atoms with E-state index in [2.05, 4.69) is 9.97 Å². The van der Waals surface area contributed by atoms with E-state index in [9.17, 15) is 4.79 Å². The molecule has 0 bridgehead atoms. The average molecular weight is 110 g/mol. The molecule has 0 aliphatic carbocycles. The van der Waals surface area contributed by atoms with Crippen LogP contribution in [0.1, 0.15) is 10.6 Å². The van der Waals surface area contributed by atoms with Crippen molar-refractivity contribution in [2.75, 3.05) is 0 Å². The van der Waals surface area contributed by atoms with Crippen LogP contribution in [-0.4, -0.2) is 15.9 Å². The van der Waals surface area contributed by atoms with Gasteiger partial charge in [-0.3, -0.25) is 10.5 Å². The van der Waals surface area contributed by atoms with Crippen molar-refractivity contribution < 1.29 is 4.79 Å². The monoisotopic (exact) mass is 110 g/mol. The number of carbonyl (C=O) groups excluding carboxylic acids is 1. The number of hydrogen-bond donors (Lipinski definition) is 1. The largest absolute Gasteiger partial charge is 0.340 e. The lowest BCUT2D eigenvalue weighted by Crippen LogP contribution is -2.00. The van der Waals surface area contributed by atoms with Gasteiger partial charge in [0.15, 0.2) is 5.82 Å². The average Bonchev–Trinajstić information content (AvgIpc) is 2.12. The van der Waals surface area contributed by atoms with E-state index in [1.807, 2.05) is 0 Å². The maximum absolute atomic E-state index is 10.1. The van der Waals surface area contributed by atoms with Crippen molar-refractivity contribution in [1.29, 1.82) is 0 Å². The van der Waals surface area contributed by atoms with Crippen molar-refractivity contribution >= 4 is 5.91 Å². The minimum atomic E-state index is -0.782. The molecule has 1 radical (unpaired) electrons. The lowest BCUT2D eigenvalue weighted by atomic mass is 10.6. The van der Waals surface area contributed by atoms with Gasteiger partial charge in [-0.2, -0.15) is 0 Å². The molecule has 0 aliphatic rings. The first kappa shape index (κ1) is 4.83. The van der Waals surface area contributed by atoms with Crippen molar-refractivity contribution in [2.45, 2.75) is 0 Å². The lowest BCUT2D eigenvalue weighted by molar-refractivity contribution is 0.0983. The number of nitrogens with one attached hydrogen (secondary N) is 2. The van der Waals surface area contributed by atoms with Crippen LogP contribution in [0.2, 0.25) is 0 Å². The fraction of sp³-hybridized carbons (Fsp3) is 0. The third-order valence-electron chi connectivity index (χ3n) is 0.713. The molecule has 41 valence electrons. The van der Waals surface area contributed by atoms with Crippen molar-refractivity contribution in [2.24, 2.45) is 0 Å². The zero-order valence-electron chi connectivity index (χ0n) is 4.01. The molecule has 0 saturated carbocycles. The molecule has 4 heteroatoms. The SMILES string of the molecule is [NH]C(=O)c1ncc[nH]1. The predicted octanol–water partition coefficient (Wildman–Crippen LogP) is -0.167. The molecule has 1 amide bonds. The first-order chi connectivity index (χ1) is 3.80. The summed E-state index contributed by atoms with van der Waals surface area (Å²) in [6, 6.07) is 0. The van der Waals surface area contributed by atoms with Crippen molar-refractivity contribution in [3.8, 4) is 0 Å². The maximum atomic E-state index is 10.1. The number of amides is 1. The highest BCUT2D eigenvalue weighted by Gasteiger charge is 1.99. The highest BCUT2D eigenvalue weighted by molar-refractivity contribution is 5.87. The topological polar surface area (TPSA) is 69.6 Å². The van der Waals surface area contributed by atoms with E-state index in [1.165, 1.54) is 12.4 Å². The summed E-state index contributed by atoms with van der Waals surface area (Å²) in [7, 11) is 0. The van der Waals surface area contributed by atoms with Gasteiger partial charge < -0.3 is 4.98 Å². The van der Waals surface area contributed by atoms with Crippen LogP contribution in [0.15, 0.2) is 12.4 Å². The predicted molar refractivity (Wildman–Crippen MR) is 26.0 cm³/mol. The van der Waals surface area contributed by atoms with E-state index in [1.54, 1.807) is 0 Å². The molecule has 0 atom stereocenters. The Morgan fingerprint density at radius 1 is 1.88 bits per heavy atom. The number of aromatic amines is 1. The second-order valence-corrected chi connectivity index (χ2v) is 1.27. The third kappa shape index (κ3) is 0.676. The third-order valence-corrected chi connectivity index (χ3v) is 0.713. The van der Waals surface area contributed by atoms with Gasteiger partial charge in [0.05, 0.1) is 0 Å². The summed E-state index contributed by atoms with van der Waals surface area (Å²) in [5, 5.41) is 0. The Bertz CT molecular complexity index is 179. The molecule has 1 heterocycles. The molecule has 0 aromatic carbocycles. The summed E-state index contributed by atoms with van der Waals surface area (Å²) in [6.45, 7) is 0. The molecular weight excluding hydrogens is 106 g/mol. The zero-order chi connectivity index (χ0) is 5.98.